The Hall–Kier alpha value is -3.76. The first-order valence-electron chi connectivity index (χ1n) is 9.49. The Kier molecular flexibility index (Phi) is 5.19. The first-order chi connectivity index (χ1) is 15.2. The summed E-state index contributed by atoms with van der Waals surface area (Å²) in [5, 5.41) is 2.37. The van der Waals surface area contributed by atoms with Crippen molar-refractivity contribution < 1.29 is 26.7 Å². The summed E-state index contributed by atoms with van der Waals surface area (Å²) in [4.78, 5) is 29.0. The van der Waals surface area contributed by atoms with Crippen molar-refractivity contribution >= 4 is 28.1 Å². The number of anilines is 1. The third kappa shape index (κ3) is 3.12. The van der Waals surface area contributed by atoms with Crippen LogP contribution in [0.4, 0.5) is 27.6 Å². The van der Waals surface area contributed by atoms with E-state index in [0.29, 0.717) is 16.6 Å². The number of para-hydroxylation sites is 1. The number of halogens is 5. The molecule has 166 valence electrons. The minimum Gasteiger partial charge on any atom is -0.319 e. The molecule has 1 amide bonds. The first kappa shape index (κ1) is 21.5. The molecule has 6 nitrogen and oxygen atoms in total. The lowest BCUT2D eigenvalue weighted by Crippen LogP contribution is -2.30. The van der Waals surface area contributed by atoms with Gasteiger partial charge in [-0.25, -0.2) is 26.5 Å². The zero-order valence-electron chi connectivity index (χ0n) is 16.7. The number of aromatic nitrogens is 3. The van der Waals surface area contributed by atoms with E-state index in [2.05, 4.69) is 4.98 Å². The van der Waals surface area contributed by atoms with E-state index in [9.17, 15) is 31.5 Å². The molecule has 0 fully saturated rings. The summed E-state index contributed by atoms with van der Waals surface area (Å²) in [7, 11) is 0. The summed E-state index contributed by atoms with van der Waals surface area (Å²) in [6, 6.07) is 6.83. The van der Waals surface area contributed by atoms with Crippen molar-refractivity contribution in [2.24, 2.45) is 0 Å². The van der Waals surface area contributed by atoms with Crippen LogP contribution in [0.15, 0.2) is 35.1 Å². The minimum atomic E-state index is -2.32. The van der Waals surface area contributed by atoms with Gasteiger partial charge in [-0.05, 0) is 25.5 Å². The molecule has 0 bridgehead atoms. The number of carbonyl (C=O) groups is 1. The van der Waals surface area contributed by atoms with E-state index in [1.54, 1.807) is 38.1 Å². The van der Waals surface area contributed by atoms with Gasteiger partial charge in [-0.1, -0.05) is 19.1 Å². The molecule has 2 aromatic carbocycles. The number of carbonyl (C=O) groups excluding carboxylic acids is 1. The number of rotatable bonds is 4. The highest BCUT2D eigenvalue weighted by atomic mass is 19.2. The largest absolute Gasteiger partial charge is 0.319 e. The Morgan fingerprint density at radius 1 is 1.03 bits per heavy atom. The maximum Gasteiger partial charge on any atom is 0.273 e. The number of nitrogens with zero attached hydrogens (tertiary/aromatic N) is 3. The second-order valence-corrected chi connectivity index (χ2v) is 7.09. The molecule has 4 aromatic rings. The van der Waals surface area contributed by atoms with E-state index in [1.165, 1.54) is 15.3 Å². The SMILES string of the molecule is CC[C@H](C(=O)Nc1c(F)c(F)c(F)c(F)c1F)n1c2ccccc2c2nc(=O)cc(C)n21. The fourth-order valence-electron chi connectivity index (χ4n) is 3.71. The predicted octanol–water partition coefficient (Wildman–Crippen LogP) is 4.24. The molecule has 32 heavy (non-hydrogen) atoms. The standard InChI is InChI=1S/C21H15F5N4O2/c1-3-11(21(32)28-19-17(25)15(23)14(22)16(24)18(19)26)30-12-7-5-4-6-10(12)20-27-13(31)8-9(2)29(20)30/h4-8,11H,3H2,1-2H3,(H,28,32)/t11-/m1/s1. The zero-order chi connectivity index (χ0) is 23.3. The van der Waals surface area contributed by atoms with E-state index in [-0.39, 0.29) is 12.1 Å². The maximum absolute atomic E-state index is 14.1. The third-order valence-electron chi connectivity index (χ3n) is 5.13. The normalized spacial score (nSPS) is 12.5. The average molecular weight is 450 g/mol. The monoisotopic (exact) mass is 450 g/mol. The van der Waals surface area contributed by atoms with Crippen LogP contribution in [0.25, 0.3) is 16.6 Å². The summed E-state index contributed by atoms with van der Waals surface area (Å²) < 4.78 is 71.6. The van der Waals surface area contributed by atoms with E-state index < -0.39 is 52.3 Å². The summed E-state index contributed by atoms with van der Waals surface area (Å²) in [6.07, 6.45) is 0.0839. The van der Waals surface area contributed by atoms with Gasteiger partial charge in [0.05, 0.1) is 5.52 Å². The molecule has 2 heterocycles. The lowest BCUT2D eigenvalue weighted by molar-refractivity contribution is -0.119. The van der Waals surface area contributed by atoms with Crippen molar-refractivity contribution in [3.8, 4) is 0 Å². The molecular weight excluding hydrogens is 435 g/mol. The number of benzene rings is 2. The number of aryl methyl sites for hydroxylation is 1. The summed E-state index contributed by atoms with van der Waals surface area (Å²) in [5.74, 6) is -12.0. The Labute approximate surface area is 176 Å². The van der Waals surface area contributed by atoms with Gasteiger partial charge in [0.1, 0.15) is 11.7 Å². The number of amides is 1. The molecular formula is C21H15F5N4O2. The highest BCUT2D eigenvalue weighted by Crippen LogP contribution is 2.30. The van der Waals surface area contributed by atoms with E-state index in [1.807, 2.05) is 5.32 Å². The second kappa shape index (κ2) is 7.74. The molecule has 0 spiro atoms. The summed E-state index contributed by atoms with van der Waals surface area (Å²) >= 11 is 0. The van der Waals surface area contributed by atoms with Crippen LogP contribution in [-0.4, -0.2) is 20.1 Å². The topological polar surface area (TPSA) is 68.4 Å². The molecule has 0 saturated carbocycles. The molecule has 2 aromatic heterocycles. The van der Waals surface area contributed by atoms with Crippen molar-refractivity contribution in [2.45, 2.75) is 26.3 Å². The Bertz CT molecular complexity index is 1430. The molecule has 4 rings (SSSR count). The first-order valence-corrected chi connectivity index (χ1v) is 9.49. The fraction of sp³-hybridized carbons (Fsp3) is 0.190. The van der Waals surface area contributed by atoms with Crippen molar-refractivity contribution in [3.63, 3.8) is 0 Å². The van der Waals surface area contributed by atoms with Gasteiger partial charge >= 0.3 is 0 Å². The molecule has 0 aliphatic carbocycles. The van der Waals surface area contributed by atoms with Crippen LogP contribution in [0.2, 0.25) is 0 Å². The molecule has 0 saturated heterocycles. The van der Waals surface area contributed by atoms with Gasteiger partial charge in [-0.15, -0.1) is 0 Å². The van der Waals surface area contributed by atoms with Crippen molar-refractivity contribution in [1.29, 1.82) is 0 Å². The molecule has 1 atom stereocenters. The molecule has 1 N–H and O–H groups in total. The van der Waals surface area contributed by atoms with Crippen molar-refractivity contribution in [1.82, 2.24) is 14.2 Å². The number of hydrogen-bond donors (Lipinski definition) is 1. The van der Waals surface area contributed by atoms with Crippen LogP contribution < -0.4 is 10.9 Å². The fourth-order valence-corrected chi connectivity index (χ4v) is 3.71. The summed E-state index contributed by atoms with van der Waals surface area (Å²) in [6.45, 7) is 3.22. The molecule has 0 radical (unpaired) electrons. The van der Waals surface area contributed by atoms with Crippen molar-refractivity contribution in [3.05, 3.63) is 75.5 Å². The number of fused-ring (bicyclic) bond motifs is 3. The van der Waals surface area contributed by atoms with Gasteiger partial charge in [0.2, 0.25) is 11.7 Å². The highest BCUT2D eigenvalue weighted by Gasteiger charge is 2.30. The molecule has 0 aliphatic rings. The lowest BCUT2D eigenvalue weighted by atomic mass is 10.1. The van der Waals surface area contributed by atoms with Gasteiger partial charge in [-0.2, -0.15) is 4.98 Å². The Morgan fingerprint density at radius 2 is 1.62 bits per heavy atom. The summed E-state index contributed by atoms with van der Waals surface area (Å²) in [5.41, 5.74) is -0.767. The maximum atomic E-state index is 14.1. The Morgan fingerprint density at radius 3 is 2.25 bits per heavy atom. The lowest BCUT2D eigenvalue weighted by Gasteiger charge is -2.21. The predicted molar refractivity (Wildman–Crippen MR) is 106 cm³/mol. The van der Waals surface area contributed by atoms with E-state index >= 15 is 0 Å². The van der Waals surface area contributed by atoms with Gasteiger partial charge in [0, 0.05) is 17.1 Å². The van der Waals surface area contributed by atoms with Gasteiger partial charge < -0.3 is 5.32 Å². The minimum absolute atomic E-state index is 0.0839. The molecule has 0 unspecified atom stereocenters. The van der Waals surface area contributed by atoms with Crippen LogP contribution in [0, 0.1) is 36.0 Å². The van der Waals surface area contributed by atoms with E-state index in [0.717, 1.165) is 0 Å². The van der Waals surface area contributed by atoms with Crippen LogP contribution in [0.1, 0.15) is 25.1 Å². The number of hydrogen-bond acceptors (Lipinski definition) is 3. The van der Waals surface area contributed by atoms with Gasteiger partial charge in [0.25, 0.3) is 5.56 Å². The van der Waals surface area contributed by atoms with Gasteiger partial charge in [-0.3, -0.25) is 14.3 Å². The quantitative estimate of drug-likeness (QED) is 0.287. The Balaban J connectivity index is 1.91. The van der Waals surface area contributed by atoms with Crippen molar-refractivity contribution in [2.75, 3.05) is 5.32 Å². The van der Waals surface area contributed by atoms with E-state index in [4.69, 9.17) is 0 Å². The smallest absolute Gasteiger partial charge is 0.273 e. The van der Waals surface area contributed by atoms with Crippen LogP contribution in [0.5, 0.6) is 0 Å². The zero-order valence-corrected chi connectivity index (χ0v) is 16.7. The highest BCUT2D eigenvalue weighted by molar-refractivity contribution is 5.97. The van der Waals surface area contributed by atoms with Crippen LogP contribution in [0.3, 0.4) is 0 Å². The third-order valence-corrected chi connectivity index (χ3v) is 5.13. The second-order valence-electron chi connectivity index (χ2n) is 7.09. The molecule has 11 heteroatoms. The molecule has 0 aliphatic heterocycles. The van der Waals surface area contributed by atoms with Crippen LogP contribution >= 0.6 is 0 Å². The number of nitrogens with one attached hydrogen (secondary N) is 1. The average Bonchev–Trinajstić information content (AvgIpc) is 3.09. The van der Waals surface area contributed by atoms with Gasteiger partial charge in [0.15, 0.2) is 28.9 Å². The van der Waals surface area contributed by atoms with Crippen LogP contribution in [-0.2, 0) is 4.79 Å².